The molecule has 0 aromatic carbocycles. The molecule has 3 amide bonds. The molecule has 0 aromatic heterocycles. The third-order valence-electron chi connectivity index (χ3n) is 2.62. The second-order valence-electron chi connectivity index (χ2n) is 5.60. The van der Waals surface area contributed by atoms with Crippen LogP contribution in [-0.2, 0) is 4.79 Å². The van der Waals surface area contributed by atoms with Crippen LogP contribution in [0.4, 0.5) is 4.79 Å². The summed E-state index contributed by atoms with van der Waals surface area (Å²) in [6, 6.07) is -0.638. The monoisotopic (exact) mass is 241 g/mol. The molecule has 98 valence electrons. The molecule has 2 N–H and O–H groups in total. The minimum Gasteiger partial charge on any atom is -0.350 e. The van der Waals surface area contributed by atoms with Gasteiger partial charge in [-0.05, 0) is 40.5 Å². The average molecular weight is 241 g/mol. The van der Waals surface area contributed by atoms with E-state index in [4.69, 9.17) is 0 Å². The molecule has 0 aliphatic carbocycles. The van der Waals surface area contributed by atoms with Crippen LogP contribution in [-0.4, -0.2) is 41.5 Å². The summed E-state index contributed by atoms with van der Waals surface area (Å²) in [5.74, 6) is -0.148. The lowest BCUT2D eigenvalue weighted by molar-refractivity contribution is -0.124. The smallest absolute Gasteiger partial charge is 0.318 e. The number of hydrogen-bond acceptors (Lipinski definition) is 2. The van der Waals surface area contributed by atoms with Crippen LogP contribution >= 0.6 is 0 Å². The summed E-state index contributed by atoms with van der Waals surface area (Å²) in [5.41, 5.74) is -0.274. The van der Waals surface area contributed by atoms with Crippen LogP contribution in [0.3, 0.4) is 0 Å². The molecule has 0 bridgehead atoms. The van der Waals surface area contributed by atoms with Crippen LogP contribution in [0.2, 0.25) is 0 Å². The van der Waals surface area contributed by atoms with Crippen molar-refractivity contribution in [2.45, 2.75) is 52.1 Å². The summed E-state index contributed by atoms with van der Waals surface area (Å²) < 4.78 is 0. The van der Waals surface area contributed by atoms with E-state index < -0.39 is 6.04 Å². The fourth-order valence-corrected chi connectivity index (χ4v) is 1.74. The molecular weight excluding hydrogens is 218 g/mol. The number of rotatable bonds is 2. The van der Waals surface area contributed by atoms with Crippen LogP contribution in [0.15, 0.2) is 0 Å². The zero-order valence-electron chi connectivity index (χ0n) is 11.2. The van der Waals surface area contributed by atoms with Gasteiger partial charge in [-0.2, -0.15) is 0 Å². The van der Waals surface area contributed by atoms with Crippen LogP contribution in [0, 0.1) is 0 Å². The number of carbonyl (C=O) groups is 2. The highest BCUT2D eigenvalue weighted by Gasteiger charge is 2.24. The fourth-order valence-electron chi connectivity index (χ4n) is 1.74. The van der Waals surface area contributed by atoms with Crippen molar-refractivity contribution in [3.63, 3.8) is 0 Å². The predicted octanol–water partition coefficient (Wildman–Crippen LogP) is 1.09. The average Bonchev–Trinajstić information content (AvgIpc) is 2.67. The molecule has 0 spiro atoms. The highest BCUT2D eigenvalue weighted by atomic mass is 16.2. The molecule has 1 unspecified atom stereocenters. The Bertz CT molecular complexity index is 291. The van der Waals surface area contributed by atoms with Gasteiger partial charge in [0.05, 0.1) is 0 Å². The molecule has 1 fully saturated rings. The number of hydrogen-bond donors (Lipinski definition) is 2. The molecule has 1 rings (SSSR count). The van der Waals surface area contributed by atoms with Crippen LogP contribution in [0.25, 0.3) is 0 Å². The van der Waals surface area contributed by atoms with Gasteiger partial charge in [-0.25, -0.2) is 4.79 Å². The summed E-state index contributed by atoms with van der Waals surface area (Å²) in [7, 11) is 0. The van der Waals surface area contributed by atoms with E-state index in [2.05, 4.69) is 10.6 Å². The number of amides is 3. The van der Waals surface area contributed by atoms with E-state index in [-0.39, 0.29) is 17.5 Å². The van der Waals surface area contributed by atoms with Gasteiger partial charge in [0.1, 0.15) is 6.04 Å². The van der Waals surface area contributed by atoms with Crippen molar-refractivity contribution < 1.29 is 9.59 Å². The molecular formula is C12H23N3O2. The Morgan fingerprint density at radius 2 is 1.71 bits per heavy atom. The van der Waals surface area contributed by atoms with E-state index in [1.165, 1.54) is 0 Å². The maximum atomic E-state index is 11.8. The minimum absolute atomic E-state index is 0.140. The number of nitrogens with one attached hydrogen (secondary N) is 2. The lowest BCUT2D eigenvalue weighted by Gasteiger charge is -2.25. The minimum atomic E-state index is -0.498. The summed E-state index contributed by atoms with van der Waals surface area (Å²) in [6.45, 7) is 9.04. The van der Waals surface area contributed by atoms with Crippen LogP contribution in [0.5, 0.6) is 0 Å². The zero-order chi connectivity index (χ0) is 13.1. The molecule has 0 radical (unpaired) electrons. The maximum Gasteiger partial charge on any atom is 0.318 e. The first-order valence-corrected chi connectivity index (χ1v) is 6.17. The second kappa shape index (κ2) is 5.38. The summed E-state index contributed by atoms with van der Waals surface area (Å²) in [5, 5.41) is 5.56. The highest BCUT2D eigenvalue weighted by Crippen LogP contribution is 2.07. The first kappa shape index (κ1) is 13.8. The fraction of sp³-hybridized carbons (Fsp3) is 0.833. The van der Waals surface area contributed by atoms with E-state index in [0.29, 0.717) is 0 Å². The van der Waals surface area contributed by atoms with Crippen molar-refractivity contribution in [3.8, 4) is 0 Å². The van der Waals surface area contributed by atoms with Crippen molar-refractivity contribution in [1.29, 1.82) is 0 Å². The first-order chi connectivity index (χ1) is 7.79. The molecule has 0 saturated carbocycles. The van der Waals surface area contributed by atoms with Crippen molar-refractivity contribution in [1.82, 2.24) is 15.5 Å². The van der Waals surface area contributed by atoms with E-state index >= 15 is 0 Å². The second-order valence-corrected chi connectivity index (χ2v) is 5.60. The van der Waals surface area contributed by atoms with Gasteiger partial charge in [0.15, 0.2) is 0 Å². The maximum absolute atomic E-state index is 11.8. The lowest BCUT2D eigenvalue weighted by Crippen LogP contribution is -2.53. The summed E-state index contributed by atoms with van der Waals surface area (Å²) >= 11 is 0. The molecule has 1 heterocycles. The van der Waals surface area contributed by atoms with Crippen molar-refractivity contribution in [2.24, 2.45) is 0 Å². The molecule has 1 saturated heterocycles. The van der Waals surface area contributed by atoms with Gasteiger partial charge in [-0.3, -0.25) is 4.79 Å². The van der Waals surface area contributed by atoms with Crippen molar-refractivity contribution in [3.05, 3.63) is 0 Å². The van der Waals surface area contributed by atoms with Gasteiger partial charge < -0.3 is 15.5 Å². The SMILES string of the molecule is CC(NC(=O)N1CCCC1)C(=O)NC(C)(C)C. The van der Waals surface area contributed by atoms with E-state index in [1.54, 1.807) is 11.8 Å². The Kier molecular flexibility index (Phi) is 4.37. The third kappa shape index (κ3) is 4.63. The summed E-state index contributed by atoms with van der Waals surface area (Å²) in [4.78, 5) is 25.3. The predicted molar refractivity (Wildman–Crippen MR) is 66.7 cm³/mol. The lowest BCUT2D eigenvalue weighted by atomic mass is 10.1. The van der Waals surface area contributed by atoms with E-state index in [0.717, 1.165) is 25.9 Å². The van der Waals surface area contributed by atoms with E-state index in [9.17, 15) is 9.59 Å². The van der Waals surface area contributed by atoms with Crippen LogP contribution < -0.4 is 10.6 Å². The largest absolute Gasteiger partial charge is 0.350 e. The topological polar surface area (TPSA) is 61.4 Å². The van der Waals surface area contributed by atoms with Crippen LogP contribution in [0.1, 0.15) is 40.5 Å². The number of carbonyl (C=O) groups excluding carboxylic acids is 2. The molecule has 17 heavy (non-hydrogen) atoms. The van der Waals surface area contributed by atoms with Gasteiger partial charge in [0.2, 0.25) is 5.91 Å². The number of likely N-dealkylation sites (tertiary alicyclic amines) is 1. The highest BCUT2D eigenvalue weighted by molar-refractivity contribution is 5.87. The van der Waals surface area contributed by atoms with Gasteiger partial charge >= 0.3 is 6.03 Å². The molecule has 1 aliphatic heterocycles. The van der Waals surface area contributed by atoms with Crippen molar-refractivity contribution in [2.75, 3.05) is 13.1 Å². The molecule has 1 atom stereocenters. The third-order valence-corrected chi connectivity index (χ3v) is 2.62. The van der Waals surface area contributed by atoms with Gasteiger partial charge in [0, 0.05) is 18.6 Å². The van der Waals surface area contributed by atoms with Gasteiger partial charge in [0.25, 0.3) is 0 Å². The normalized spacial score (nSPS) is 17.8. The Morgan fingerprint density at radius 1 is 1.18 bits per heavy atom. The van der Waals surface area contributed by atoms with E-state index in [1.807, 2.05) is 20.8 Å². The Hall–Kier alpha value is -1.26. The quantitative estimate of drug-likeness (QED) is 0.760. The first-order valence-electron chi connectivity index (χ1n) is 6.17. The molecule has 1 aliphatic rings. The Balaban J connectivity index is 2.40. The number of nitrogens with zero attached hydrogens (tertiary/aromatic N) is 1. The number of urea groups is 1. The van der Waals surface area contributed by atoms with Gasteiger partial charge in [-0.1, -0.05) is 0 Å². The Morgan fingerprint density at radius 3 is 2.18 bits per heavy atom. The van der Waals surface area contributed by atoms with Crippen molar-refractivity contribution >= 4 is 11.9 Å². The molecule has 5 nitrogen and oxygen atoms in total. The summed E-state index contributed by atoms with van der Waals surface area (Å²) in [6.07, 6.45) is 2.10. The molecule has 5 heteroatoms. The zero-order valence-corrected chi connectivity index (χ0v) is 11.2. The van der Waals surface area contributed by atoms with Gasteiger partial charge in [-0.15, -0.1) is 0 Å². The Labute approximate surface area is 103 Å². The molecule has 0 aromatic rings. The standard InChI is InChI=1S/C12H23N3O2/c1-9(10(16)14-12(2,3)4)13-11(17)15-7-5-6-8-15/h9H,5-8H2,1-4H3,(H,13,17)(H,14,16).